The Morgan fingerprint density at radius 1 is 1.12 bits per heavy atom. The Morgan fingerprint density at radius 3 is 2.60 bits per heavy atom. The van der Waals surface area contributed by atoms with Gasteiger partial charge < -0.3 is 24.9 Å². The fourth-order valence-corrected chi connectivity index (χ4v) is 4.23. The van der Waals surface area contributed by atoms with Gasteiger partial charge in [-0.05, 0) is 54.7 Å². The lowest BCUT2D eigenvalue weighted by Crippen LogP contribution is -2.51. The molecule has 1 atom stereocenters. The number of amides is 2. The van der Waals surface area contributed by atoms with Crippen LogP contribution >= 0.6 is 0 Å². The van der Waals surface area contributed by atoms with Crippen molar-refractivity contribution in [3.8, 4) is 23.1 Å². The summed E-state index contributed by atoms with van der Waals surface area (Å²) in [7, 11) is 1.28. The van der Waals surface area contributed by atoms with Crippen molar-refractivity contribution in [1.29, 1.82) is 0 Å². The highest BCUT2D eigenvalue weighted by molar-refractivity contribution is 5.88. The summed E-state index contributed by atoms with van der Waals surface area (Å²) < 4.78 is 4.72. The van der Waals surface area contributed by atoms with E-state index >= 15 is 0 Å². The van der Waals surface area contributed by atoms with E-state index in [9.17, 15) is 9.59 Å². The Balaban J connectivity index is 1.50. The van der Waals surface area contributed by atoms with E-state index in [1.807, 2.05) is 39.8 Å². The van der Waals surface area contributed by atoms with Gasteiger partial charge in [0.15, 0.2) is 0 Å². The van der Waals surface area contributed by atoms with Gasteiger partial charge >= 0.3 is 6.09 Å². The molecule has 0 spiro atoms. The topological polar surface area (TPSA) is 116 Å². The van der Waals surface area contributed by atoms with Gasteiger partial charge in [-0.15, -0.1) is 0 Å². The summed E-state index contributed by atoms with van der Waals surface area (Å²) >= 11 is 0. The predicted octanol–water partition coefficient (Wildman–Crippen LogP) is 5.03. The second-order valence-electron chi connectivity index (χ2n) is 9.92. The SMILES string of the molecule is C/C=C(/C)CN(Cc1ncc(C#Cc2ccc3cc(-c4cnc[nH]4)ccc3c2)[nH]1)C(=O)C(NC(=O)OC)C(C)C. The van der Waals surface area contributed by atoms with Crippen molar-refractivity contribution in [2.24, 2.45) is 5.92 Å². The van der Waals surface area contributed by atoms with Gasteiger partial charge in [-0.2, -0.15) is 0 Å². The molecule has 9 heteroatoms. The number of imidazole rings is 2. The number of carbonyl (C=O) groups is 2. The maximum absolute atomic E-state index is 13.5. The molecule has 2 aromatic carbocycles. The number of aromatic nitrogens is 4. The largest absolute Gasteiger partial charge is 0.453 e. The Kier molecular flexibility index (Phi) is 9.02. The Morgan fingerprint density at radius 2 is 1.90 bits per heavy atom. The number of nitrogens with zero attached hydrogens (tertiary/aromatic N) is 3. The molecular weight excluding hydrogens is 504 g/mol. The van der Waals surface area contributed by atoms with Crippen molar-refractivity contribution in [1.82, 2.24) is 30.2 Å². The number of allylic oxidation sites excluding steroid dienone is 1. The zero-order chi connectivity index (χ0) is 28.6. The molecule has 1 unspecified atom stereocenters. The standard InChI is InChI=1S/C31H34N6O3/c1-6-21(4)17-37(30(38)29(20(2)3)36-31(39)40-5)18-28-33-15-26(35-28)12-8-22-7-9-24-14-25(11-10-23(24)13-22)27-16-32-19-34-27/h6-7,9-11,13-16,19-20,29H,17-18H2,1-5H3,(H,32,34)(H,33,35)(H,36,39)/b21-6-. The maximum atomic E-state index is 13.5. The number of rotatable bonds is 8. The highest BCUT2D eigenvalue weighted by atomic mass is 16.5. The first kappa shape index (κ1) is 28.2. The van der Waals surface area contributed by atoms with E-state index < -0.39 is 12.1 Å². The third-order valence-corrected chi connectivity index (χ3v) is 6.60. The van der Waals surface area contributed by atoms with Crippen LogP contribution in [0.15, 0.2) is 66.8 Å². The van der Waals surface area contributed by atoms with E-state index in [1.54, 1.807) is 23.6 Å². The lowest BCUT2D eigenvalue weighted by Gasteiger charge is -2.29. The number of aromatic amines is 2. The van der Waals surface area contributed by atoms with Crippen LogP contribution in [0.2, 0.25) is 0 Å². The Labute approximate surface area is 234 Å². The molecule has 2 aromatic heterocycles. The molecular formula is C31H34N6O3. The van der Waals surface area contributed by atoms with Gasteiger partial charge in [-0.25, -0.2) is 14.8 Å². The summed E-state index contributed by atoms with van der Waals surface area (Å²) in [4.78, 5) is 41.9. The molecule has 3 N–H and O–H groups in total. The normalized spacial score (nSPS) is 12.1. The van der Waals surface area contributed by atoms with Crippen LogP contribution in [0, 0.1) is 17.8 Å². The van der Waals surface area contributed by atoms with Crippen molar-refractivity contribution in [3.05, 3.63) is 83.9 Å². The first-order chi connectivity index (χ1) is 19.3. The molecule has 0 saturated carbocycles. The van der Waals surface area contributed by atoms with Gasteiger partial charge in [-0.1, -0.05) is 49.6 Å². The van der Waals surface area contributed by atoms with Gasteiger partial charge in [0.2, 0.25) is 5.91 Å². The van der Waals surface area contributed by atoms with Crippen molar-refractivity contribution in [3.63, 3.8) is 0 Å². The summed E-state index contributed by atoms with van der Waals surface area (Å²) in [5, 5.41) is 4.87. The molecule has 0 bridgehead atoms. The van der Waals surface area contributed by atoms with Crippen LogP contribution in [0.4, 0.5) is 4.79 Å². The number of benzene rings is 2. The average Bonchev–Trinajstić information content (AvgIpc) is 3.66. The lowest BCUT2D eigenvalue weighted by atomic mass is 10.0. The molecule has 0 aliphatic heterocycles. The number of ether oxygens (including phenoxy) is 1. The second-order valence-corrected chi connectivity index (χ2v) is 9.92. The summed E-state index contributed by atoms with van der Waals surface area (Å²) in [5.41, 5.74) is 4.60. The molecule has 206 valence electrons. The molecule has 4 aromatic rings. The third-order valence-electron chi connectivity index (χ3n) is 6.60. The molecule has 0 aliphatic rings. The second kappa shape index (κ2) is 12.8. The molecule has 0 saturated heterocycles. The highest BCUT2D eigenvalue weighted by Gasteiger charge is 2.29. The zero-order valence-electron chi connectivity index (χ0n) is 23.4. The number of nitrogens with one attached hydrogen (secondary N) is 3. The van der Waals surface area contributed by atoms with E-state index in [0.717, 1.165) is 33.2 Å². The van der Waals surface area contributed by atoms with Crippen molar-refractivity contribution in [2.45, 2.75) is 40.3 Å². The first-order valence-corrected chi connectivity index (χ1v) is 13.1. The number of H-pyrrole nitrogens is 2. The molecule has 9 nitrogen and oxygen atoms in total. The lowest BCUT2D eigenvalue weighted by molar-refractivity contribution is -0.134. The Hall–Kier alpha value is -4.84. The zero-order valence-corrected chi connectivity index (χ0v) is 23.4. The molecule has 2 amide bonds. The number of carbonyl (C=O) groups excluding carboxylic acids is 2. The van der Waals surface area contributed by atoms with Crippen LogP contribution in [-0.2, 0) is 16.1 Å². The number of alkyl carbamates (subject to hydrolysis) is 1. The van der Waals surface area contributed by atoms with Crippen LogP contribution in [0.5, 0.6) is 0 Å². The minimum Gasteiger partial charge on any atom is -0.453 e. The van der Waals surface area contributed by atoms with Crippen molar-refractivity contribution >= 4 is 22.8 Å². The highest BCUT2D eigenvalue weighted by Crippen LogP contribution is 2.23. The van der Waals surface area contributed by atoms with Gasteiger partial charge in [0.05, 0.1) is 38.1 Å². The van der Waals surface area contributed by atoms with Crippen LogP contribution in [0.25, 0.3) is 22.0 Å². The Bertz CT molecular complexity index is 1570. The van der Waals surface area contributed by atoms with E-state index in [2.05, 4.69) is 67.4 Å². The average molecular weight is 539 g/mol. The molecule has 0 fully saturated rings. The quantitative estimate of drug-likeness (QED) is 0.215. The monoisotopic (exact) mass is 538 g/mol. The minimum atomic E-state index is -0.727. The van der Waals surface area contributed by atoms with Gasteiger partial charge in [0.25, 0.3) is 0 Å². The van der Waals surface area contributed by atoms with Crippen LogP contribution in [0.1, 0.15) is 44.8 Å². The summed E-state index contributed by atoms with van der Waals surface area (Å²) in [5.74, 6) is 6.60. The van der Waals surface area contributed by atoms with E-state index in [1.165, 1.54) is 7.11 Å². The molecule has 0 aliphatic carbocycles. The summed E-state index contributed by atoms with van der Waals surface area (Å²) in [6, 6.07) is 11.6. The van der Waals surface area contributed by atoms with Gasteiger partial charge in [-0.3, -0.25) is 4.79 Å². The summed E-state index contributed by atoms with van der Waals surface area (Å²) in [6.45, 7) is 8.29. The molecule has 0 radical (unpaired) electrons. The fourth-order valence-electron chi connectivity index (χ4n) is 4.23. The van der Waals surface area contributed by atoms with Crippen molar-refractivity contribution < 1.29 is 14.3 Å². The van der Waals surface area contributed by atoms with Crippen molar-refractivity contribution in [2.75, 3.05) is 13.7 Å². The summed E-state index contributed by atoms with van der Waals surface area (Å²) in [6.07, 6.45) is 6.45. The van der Waals surface area contributed by atoms with Crippen LogP contribution in [-0.4, -0.2) is 56.5 Å². The molecule has 2 heterocycles. The third kappa shape index (κ3) is 6.97. The van der Waals surface area contributed by atoms with E-state index in [0.29, 0.717) is 18.1 Å². The smallest absolute Gasteiger partial charge is 0.407 e. The number of fused-ring (bicyclic) bond motifs is 1. The van der Waals surface area contributed by atoms with E-state index in [-0.39, 0.29) is 18.4 Å². The number of hydrogen-bond acceptors (Lipinski definition) is 5. The van der Waals surface area contributed by atoms with E-state index in [4.69, 9.17) is 4.74 Å². The fraction of sp³-hybridized carbons (Fsp3) is 0.290. The van der Waals surface area contributed by atoms with Crippen LogP contribution < -0.4 is 5.32 Å². The predicted molar refractivity (Wildman–Crippen MR) is 155 cm³/mol. The minimum absolute atomic E-state index is 0.128. The molecule has 4 rings (SSSR count). The number of hydrogen-bond donors (Lipinski definition) is 3. The molecule has 40 heavy (non-hydrogen) atoms. The van der Waals surface area contributed by atoms with Gasteiger partial charge in [0, 0.05) is 17.7 Å². The van der Waals surface area contributed by atoms with Crippen LogP contribution in [0.3, 0.4) is 0 Å². The number of methoxy groups -OCH3 is 1. The first-order valence-electron chi connectivity index (χ1n) is 13.1. The van der Waals surface area contributed by atoms with Gasteiger partial charge in [0.1, 0.15) is 17.6 Å². The maximum Gasteiger partial charge on any atom is 0.407 e.